The molecule has 1 aliphatic rings. The summed E-state index contributed by atoms with van der Waals surface area (Å²) in [6.45, 7) is 0.463. The van der Waals surface area contributed by atoms with Crippen molar-refractivity contribution in [1.82, 2.24) is 5.32 Å². The second-order valence-electron chi connectivity index (χ2n) is 5.17. The van der Waals surface area contributed by atoms with Gasteiger partial charge in [-0.2, -0.15) is 0 Å². The van der Waals surface area contributed by atoms with E-state index in [9.17, 15) is 4.79 Å². The highest BCUT2D eigenvalue weighted by Gasteiger charge is 2.19. The fourth-order valence-corrected chi connectivity index (χ4v) is 3.30. The van der Waals surface area contributed by atoms with E-state index in [1.54, 1.807) is 11.3 Å². The van der Waals surface area contributed by atoms with Gasteiger partial charge in [0, 0.05) is 21.7 Å². The molecule has 0 radical (unpaired) electrons. The number of rotatable bonds is 3. The number of carbonyl (C=O) groups is 1. The number of nitrogens with one attached hydrogen (secondary N) is 1. The van der Waals surface area contributed by atoms with E-state index in [-0.39, 0.29) is 18.4 Å². The van der Waals surface area contributed by atoms with E-state index >= 15 is 0 Å². The van der Waals surface area contributed by atoms with Crippen LogP contribution in [0.5, 0.6) is 0 Å². The summed E-state index contributed by atoms with van der Waals surface area (Å²) in [5, 5.41) is 13.6. The summed E-state index contributed by atoms with van der Waals surface area (Å²) >= 11 is 1.59. The van der Waals surface area contributed by atoms with Gasteiger partial charge in [-0.25, -0.2) is 0 Å². The van der Waals surface area contributed by atoms with Gasteiger partial charge in [0.2, 0.25) is 5.91 Å². The molecule has 1 aromatic rings. The lowest BCUT2D eigenvalue weighted by atomic mass is 9.99. The molecule has 1 aromatic heterocycles. The maximum atomic E-state index is 12.1. The summed E-state index contributed by atoms with van der Waals surface area (Å²) in [6, 6.07) is 1.97. The molecule has 0 saturated heterocycles. The molecule has 0 aromatic carbocycles. The minimum Gasteiger partial charge on any atom is -0.384 e. The normalized spacial score (nSPS) is 16.1. The predicted molar refractivity (Wildman–Crippen MR) is 81.3 cm³/mol. The Labute approximate surface area is 124 Å². The standard InChI is InChI=1S/C16H21NO2S/c18-9-5-6-13-10-15(20-12-13)11-17-16(19)14-7-3-1-2-4-8-14/h10,12,14,18H,1-4,7-9,11H2,(H,17,19). The molecule has 0 spiro atoms. The third-order valence-electron chi connectivity index (χ3n) is 3.63. The van der Waals surface area contributed by atoms with Gasteiger partial charge >= 0.3 is 0 Å². The molecule has 1 heterocycles. The van der Waals surface area contributed by atoms with E-state index in [0.29, 0.717) is 6.54 Å². The first kappa shape index (κ1) is 15.1. The highest BCUT2D eigenvalue weighted by Crippen LogP contribution is 2.23. The number of hydrogen-bond donors (Lipinski definition) is 2. The first-order valence-corrected chi connectivity index (χ1v) is 8.12. The molecular formula is C16H21NO2S. The van der Waals surface area contributed by atoms with Crippen LogP contribution in [0.25, 0.3) is 0 Å². The monoisotopic (exact) mass is 291 g/mol. The van der Waals surface area contributed by atoms with Gasteiger partial charge in [-0.3, -0.25) is 4.79 Å². The second kappa shape index (κ2) is 8.08. The molecule has 1 saturated carbocycles. The van der Waals surface area contributed by atoms with Gasteiger partial charge < -0.3 is 10.4 Å². The molecule has 0 aliphatic heterocycles. The average Bonchev–Trinajstić information content (AvgIpc) is 2.73. The maximum Gasteiger partial charge on any atom is 0.223 e. The van der Waals surface area contributed by atoms with E-state index in [0.717, 1.165) is 23.3 Å². The number of carbonyl (C=O) groups excluding carboxylic acids is 1. The minimum atomic E-state index is -0.121. The first-order valence-electron chi connectivity index (χ1n) is 7.24. The molecule has 1 amide bonds. The van der Waals surface area contributed by atoms with Crippen LogP contribution in [-0.2, 0) is 11.3 Å². The van der Waals surface area contributed by atoms with Crippen molar-refractivity contribution < 1.29 is 9.90 Å². The Morgan fingerprint density at radius 2 is 2.10 bits per heavy atom. The van der Waals surface area contributed by atoms with Crippen molar-refractivity contribution in [1.29, 1.82) is 0 Å². The van der Waals surface area contributed by atoms with Crippen LogP contribution in [0.1, 0.15) is 49.0 Å². The van der Waals surface area contributed by atoms with E-state index in [1.807, 2.05) is 11.4 Å². The van der Waals surface area contributed by atoms with Crippen molar-refractivity contribution in [3.8, 4) is 11.8 Å². The Morgan fingerprint density at radius 1 is 1.35 bits per heavy atom. The molecule has 1 aliphatic carbocycles. The molecule has 0 unspecified atom stereocenters. The zero-order valence-electron chi connectivity index (χ0n) is 11.7. The van der Waals surface area contributed by atoms with E-state index in [4.69, 9.17) is 5.11 Å². The van der Waals surface area contributed by atoms with E-state index in [2.05, 4.69) is 17.2 Å². The molecule has 2 N–H and O–H groups in total. The van der Waals surface area contributed by atoms with Gasteiger partial charge in [-0.1, -0.05) is 37.5 Å². The molecule has 108 valence electrons. The van der Waals surface area contributed by atoms with E-state index in [1.165, 1.54) is 25.7 Å². The van der Waals surface area contributed by atoms with Gasteiger partial charge in [0.15, 0.2) is 0 Å². The Hall–Kier alpha value is -1.31. The molecule has 3 nitrogen and oxygen atoms in total. The highest BCUT2D eigenvalue weighted by atomic mass is 32.1. The van der Waals surface area contributed by atoms with Crippen molar-refractivity contribution in [2.45, 2.75) is 45.1 Å². The van der Waals surface area contributed by atoms with Crippen LogP contribution in [0.3, 0.4) is 0 Å². The first-order chi connectivity index (χ1) is 9.79. The SMILES string of the molecule is O=C(NCc1cc(C#CCO)cs1)C1CCCCCC1. The predicted octanol–water partition coefficient (Wildman–Crippen LogP) is 2.68. The van der Waals surface area contributed by atoms with Gasteiger partial charge in [-0.05, 0) is 18.9 Å². The Kier molecular flexibility index (Phi) is 6.10. The third kappa shape index (κ3) is 4.66. The van der Waals surface area contributed by atoms with Crippen LogP contribution in [-0.4, -0.2) is 17.6 Å². The van der Waals surface area contributed by atoms with Gasteiger partial charge in [0.25, 0.3) is 0 Å². The van der Waals surface area contributed by atoms with Gasteiger partial charge in [0.1, 0.15) is 6.61 Å². The molecule has 4 heteroatoms. The molecule has 20 heavy (non-hydrogen) atoms. The van der Waals surface area contributed by atoms with Crippen molar-refractivity contribution in [2.75, 3.05) is 6.61 Å². The average molecular weight is 291 g/mol. The van der Waals surface area contributed by atoms with Gasteiger partial charge in [-0.15, -0.1) is 11.3 Å². The van der Waals surface area contributed by atoms with Crippen molar-refractivity contribution in [3.05, 3.63) is 21.9 Å². The van der Waals surface area contributed by atoms with Crippen molar-refractivity contribution in [3.63, 3.8) is 0 Å². The quantitative estimate of drug-likeness (QED) is 0.664. The summed E-state index contributed by atoms with van der Waals surface area (Å²) in [5.41, 5.74) is 0.905. The Morgan fingerprint density at radius 3 is 2.80 bits per heavy atom. The zero-order valence-corrected chi connectivity index (χ0v) is 12.5. The molecular weight excluding hydrogens is 270 g/mol. The van der Waals surface area contributed by atoms with Crippen LogP contribution < -0.4 is 5.32 Å². The fraction of sp³-hybridized carbons (Fsp3) is 0.562. The molecule has 0 bridgehead atoms. The van der Waals surface area contributed by atoms with Crippen LogP contribution in [0.15, 0.2) is 11.4 Å². The molecule has 1 fully saturated rings. The number of hydrogen-bond acceptors (Lipinski definition) is 3. The summed E-state index contributed by atoms with van der Waals surface area (Å²) in [4.78, 5) is 13.2. The Bertz CT molecular complexity index is 490. The molecule has 2 rings (SSSR count). The van der Waals surface area contributed by atoms with Crippen molar-refractivity contribution >= 4 is 17.2 Å². The van der Waals surface area contributed by atoms with Crippen LogP contribution in [0, 0.1) is 17.8 Å². The zero-order chi connectivity index (χ0) is 14.2. The molecule has 0 atom stereocenters. The summed E-state index contributed by atoms with van der Waals surface area (Å²) < 4.78 is 0. The summed E-state index contributed by atoms with van der Waals surface area (Å²) in [7, 11) is 0. The number of aliphatic hydroxyl groups excluding tert-OH is 1. The third-order valence-corrected chi connectivity index (χ3v) is 4.57. The fourth-order valence-electron chi connectivity index (χ4n) is 2.54. The number of thiophene rings is 1. The van der Waals surface area contributed by atoms with Crippen LogP contribution >= 0.6 is 11.3 Å². The van der Waals surface area contributed by atoms with Gasteiger partial charge in [0.05, 0.1) is 6.54 Å². The topological polar surface area (TPSA) is 49.3 Å². The van der Waals surface area contributed by atoms with Crippen molar-refractivity contribution in [2.24, 2.45) is 5.92 Å². The lowest BCUT2D eigenvalue weighted by Gasteiger charge is -2.13. The van der Waals surface area contributed by atoms with Crippen LogP contribution in [0.2, 0.25) is 0 Å². The van der Waals surface area contributed by atoms with E-state index < -0.39 is 0 Å². The Balaban J connectivity index is 1.81. The largest absolute Gasteiger partial charge is 0.384 e. The minimum absolute atomic E-state index is 0.121. The summed E-state index contributed by atoms with van der Waals surface area (Å²) in [5.74, 6) is 5.90. The van der Waals surface area contributed by atoms with Crippen LogP contribution in [0.4, 0.5) is 0 Å². The smallest absolute Gasteiger partial charge is 0.223 e. The lowest BCUT2D eigenvalue weighted by molar-refractivity contribution is -0.125. The number of amides is 1. The highest BCUT2D eigenvalue weighted by molar-refractivity contribution is 7.10. The maximum absolute atomic E-state index is 12.1. The summed E-state index contributed by atoms with van der Waals surface area (Å²) in [6.07, 6.45) is 6.95. The number of aliphatic hydroxyl groups is 1. The lowest BCUT2D eigenvalue weighted by Crippen LogP contribution is -2.29. The second-order valence-corrected chi connectivity index (χ2v) is 6.16.